The van der Waals surface area contributed by atoms with Gasteiger partial charge in [0.15, 0.2) is 0 Å². The molecule has 1 aromatic carbocycles. The third kappa shape index (κ3) is 4.30. The van der Waals surface area contributed by atoms with Crippen LogP contribution in [0.15, 0.2) is 53.7 Å². The SMILES string of the molecule is CN1C2CCC1CC(NS(=O)(=O)c1ccc(CNC(=O)c3cc4ccncc4s3)cc1)C2. The summed E-state index contributed by atoms with van der Waals surface area (Å²) in [4.78, 5) is 19.8. The molecular weight excluding hydrogens is 444 g/mol. The van der Waals surface area contributed by atoms with Crippen molar-refractivity contribution in [1.29, 1.82) is 0 Å². The summed E-state index contributed by atoms with van der Waals surface area (Å²) in [6.07, 6.45) is 7.49. The van der Waals surface area contributed by atoms with Gasteiger partial charge >= 0.3 is 0 Å². The molecule has 168 valence electrons. The van der Waals surface area contributed by atoms with Gasteiger partial charge in [0.05, 0.1) is 14.5 Å². The number of aromatic nitrogens is 1. The minimum atomic E-state index is -3.56. The van der Waals surface area contributed by atoms with Gasteiger partial charge < -0.3 is 10.2 Å². The number of piperidine rings is 1. The van der Waals surface area contributed by atoms with Gasteiger partial charge in [-0.1, -0.05) is 12.1 Å². The van der Waals surface area contributed by atoms with Crippen molar-refractivity contribution >= 4 is 37.4 Å². The van der Waals surface area contributed by atoms with Gasteiger partial charge in [-0.2, -0.15) is 0 Å². The number of thiophene rings is 1. The summed E-state index contributed by atoms with van der Waals surface area (Å²) in [5.41, 5.74) is 0.845. The Morgan fingerprint density at radius 3 is 2.56 bits per heavy atom. The molecule has 0 aliphatic carbocycles. The summed E-state index contributed by atoms with van der Waals surface area (Å²) in [5, 5.41) is 3.90. The average molecular weight is 471 g/mol. The van der Waals surface area contributed by atoms with Crippen molar-refractivity contribution in [2.75, 3.05) is 7.05 Å². The lowest BCUT2D eigenvalue weighted by atomic mass is 9.99. The fraction of sp³-hybridized carbons (Fsp3) is 0.391. The van der Waals surface area contributed by atoms with Crippen LogP contribution in [0.1, 0.15) is 40.9 Å². The zero-order valence-electron chi connectivity index (χ0n) is 17.8. The van der Waals surface area contributed by atoms with Crippen LogP contribution in [0.3, 0.4) is 0 Å². The number of fused-ring (bicyclic) bond motifs is 3. The Hall–Kier alpha value is -2.33. The molecule has 2 fully saturated rings. The smallest absolute Gasteiger partial charge is 0.261 e. The molecule has 2 saturated heterocycles. The van der Waals surface area contributed by atoms with E-state index in [4.69, 9.17) is 0 Å². The highest BCUT2D eigenvalue weighted by molar-refractivity contribution is 7.89. The van der Waals surface area contributed by atoms with Crippen LogP contribution < -0.4 is 10.0 Å². The number of nitrogens with one attached hydrogen (secondary N) is 2. The first-order valence-electron chi connectivity index (χ1n) is 10.8. The minimum Gasteiger partial charge on any atom is -0.347 e. The maximum Gasteiger partial charge on any atom is 0.261 e. The monoisotopic (exact) mass is 470 g/mol. The number of hydrogen-bond donors (Lipinski definition) is 2. The van der Waals surface area contributed by atoms with Gasteiger partial charge in [0.25, 0.3) is 5.91 Å². The van der Waals surface area contributed by atoms with Crippen LogP contribution in [0.2, 0.25) is 0 Å². The number of pyridine rings is 1. The van der Waals surface area contributed by atoms with Crippen LogP contribution in [-0.2, 0) is 16.6 Å². The number of carbonyl (C=O) groups is 1. The molecule has 5 rings (SSSR count). The topological polar surface area (TPSA) is 91.4 Å². The van der Waals surface area contributed by atoms with Crippen molar-refractivity contribution < 1.29 is 13.2 Å². The summed E-state index contributed by atoms with van der Waals surface area (Å²) in [5.74, 6) is -0.151. The Balaban J connectivity index is 1.19. The molecule has 0 radical (unpaired) electrons. The van der Waals surface area contributed by atoms with Gasteiger partial charge in [0.1, 0.15) is 0 Å². The first-order valence-corrected chi connectivity index (χ1v) is 13.1. The molecule has 2 aromatic heterocycles. The van der Waals surface area contributed by atoms with E-state index in [2.05, 4.69) is 27.0 Å². The average Bonchev–Trinajstić information content (AvgIpc) is 3.29. The van der Waals surface area contributed by atoms with Crippen molar-refractivity contribution in [2.45, 2.75) is 55.2 Å². The Kier molecular flexibility index (Phi) is 5.75. The fourth-order valence-electron chi connectivity index (χ4n) is 4.85. The van der Waals surface area contributed by atoms with Crippen LogP contribution in [0.4, 0.5) is 0 Å². The van der Waals surface area contributed by atoms with Crippen molar-refractivity contribution in [1.82, 2.24) is 19.9 Å². The van der Waals surface area contributed by atoms with Crippen LogP contribution in [0.5, 0.6) is 0 Å². The lowest BCUT2D eigenvalue weighted by molar-refractivity contribution is 0.0955. The molecule has 9 heteroatoms. The normalized spacial score (nSPS) is 23.5. The highest BCUT2D eigenvalue weighted by atomic mass is 32.2. The van der Waals surface area contributed by atoms with Crippen molar-refractivity contribution in [3.8, 4) is 0 Å². The first kappa shape index (κ1) is 21.5. The molecule has 2 aliphatic heterocycles. The van der Waals surface area contributed by atoms with Gasteiger partial charge in [-0.25, -0.2) is 13.1 Å². The Morgan fingerprint density at radius 1 is 1.16 bits per heavy atom. The molecule has 1 amide bonds. The van der Waals surface area contributed by atoms with Crippen LogP contribution in [-0.4, -0.2) is 49.4 Å². The molecule has 3 aromatic rings. The van der Waals surface area contributed by atoms with E-state index in [1.54, 1.807) is 36.7 Å². The summed E-state index contributed by atoms with van der Waals surface area (Å²) in [6, 6.07) is 11.4. The van der Waals surface area contributed by atoms with E-state index < -0.39 is 10.0 Å². The van der Waals surface area contributed by atoms with Gasteiger partial charge in [-0.3, -0.25) is 9.78 Å². The lowest BCUT2D eigenvalue weighted by Gasteiger charge is -2.36. The number of sulfonamides is 1. The Labute approximate surface area is 191 Å². The molecule has 2 atom stereocenters. The summed E-state index contributed by atoms with van der Waals surface area (Å²) >= 11 is 1.40. The second-order valence-electron chi connectivity index (χ2n) is 8.69. The second kappa shape index (κ2) is 8.55. The van der Waals surface area contributed by atoms with E-state index in [0.717, 1.165) is 41.3 Å². The third-order valence-electron chi connectivity index (χ3n) is 6.65. The predicted octanol–water partition coefficient (Wildman–Crippen LogP) is 3.13. The van der Waals surface area contributed by atoms with Gasteiger partial charge in [-0.05, 0) is 67.9 Å². The van der Waals surface area contributed by atoms with Gasteiger partial charge in [0.2, 0.25) is 10.0 Å². The summed E-state index contributed by atoms with van der Waals surface area (Å²) < 4.78 is 29.6. The molecule has 2 aliphatic rings. The van der Waals surface area contributed by atoms with Crippen LogP contribution in [0, 0.1) is 0 Å². The summed E-state index contributed by atoms with van der Waals surface area (Å²) in [7, 11) is -1.42. The predicted molar refractivity (Wildman–Crippen MR) is 125 cm³/mol. The van der Waals surface area contributed by atoms with Crippen molar-refractivity contribution in [3.63, 3.8) is 0 Å². The molecule has 0 spiro atoms. The highest BCUT2D eigenvalue weighted by Gasteiger charge is 2.39. The standard InChI is InChI=1S/C23H26N4O3S2/c1-27-18-4-5-19(27)12-17(11-18)26-32(29,30)20-6-2-15(3-7-20)13-25-23(28)21-10-16-8-9-24-14-22(16)31-21/h2-3,6-10,14,17-19,26H,4-5,11-13H2,1H3,(H,25,28). The third-order valence-corrected chi connectivity index (χ3v) is 9.27. The zero-order valence-corrected chi connectivity index (χ0v) is 19.5. The zero-order chi connectivity index (χ0) is 22.3. The summed E-state index contributed by atoms with van der Waals surface area (Å²) in [6.45, 7) is 0.331. The number of carbonyl (C=O) groups excluding carboxylic acids is 1. The number of hydrogen-bond acceptors (Lipinski definition) is 6. The molecule has 4 heterocycles. The Bertz CT molecular complexity index is 1190. The fourth-order valence-corrected chi connectivity index (χ4v) is 7.06. The van der Waals surface area contributed by atoms with Crippen molar-refractivity contribution in [3.05, 3.63) is 59.2 Å². The molecule has 2 bridgehead atoms. The number of nitrogens with zero attached hydrogens (tertiary/aromatic N) is 2. The Morgan fingerprint density at radius 2 is 1.88 bits per heavy atom. The maximum atomic E-state index is 12.9. The molecule has 2 unspecified atom stereocenters. The molecule has 2 N–H and O–H groups in total. The van der Waals surface area contributed by atoms with Gasteiger partial charge in [-0.15, -0.1) is 11.3 Å². The lowest BCUT2D eigenvalue weighted by Crippen LogP contribution is -2.48. The maximum absolute atomic E-state index is 12.9. The number of rotatable bonds is 6. The number of benzene rings is 1. The van der Waals surface area contributed by atoms with E-state index >= 15 is 0 Å². The minimum absolute atomic E-state index is 0.0100. The first-order chi connectivity index (χ1) is 15.4. The quantitative estimate of drug-likeness (QED) is 0.578. The van der Waals surface area contributed by atoms with E-state index in [1.807, 2.05) is 12.1 Å². The van der Waals surface area contributed by atoms with E-state index in [0.29, 0.717) is 23.5 Å². The largest absolute Gasteiger partial charge is 0.347 e. The molecular formula is C23H26N4O3S2. The second-order valence-corrected chi connectivity index (χ2v) is 11.5. The molecule has 0 saturated carbocycles. The molecule has 32 heavy (non-hydrogen) atoms. The van der Waals surface area contributed by atoms with E-state index in [-0.39, 0.29) is 16.8 Å². The van der Waals surface area contributed by atoms with E-state index in [9.17, 15) is 13.2 Å². The van der Waals surface area contributed by atoms with E-state index in [1.165, 1.54) is 11.3 Å². The van der Waals surface area contributed by atoms with Crippen LogP contribution >= 0.6 is 11.3 Å². The highest BCUT2D eigenvalue weighted by Crippen LogP contribution is 2.34. The van der Waals surface area contributed by atoms with Gasteiger partial charge in [0, 0.05) is 37.1 Å². The van der Waals surface area contributed by atoms with Crippen molar-refractivity contribution in [2.24, 2.45) is 0 Å². The number of amides is 1. The molecule has 7 nitrogen and oxygen atoms in total. The van der Waals surface area contributed by atoms with Crippen LogP contribution in [0.25, 0.3) is 10.1 Å².